The molecule has 0 aliphatic carbocycles. The van der Waals surface area contributed by atoms with Crippen LogP contribution in [-0.4, -0.2) is 92.1 Å². The number of benzene rings is 2. The summed E-state index contributed by atoms with van der Waals surface area (Å²) in [6.07, 6.45) is 3.44. The minimum atomic E-state index is -0.850. The smallest absolute Gasteiger partial charge is 0.173 e. The summed E-state index contributed by atoms with van der Waals surface area (Å²) < 4.78 is 57.8. The van der Waals surface area contributed by atoms with Crippen LogP contribution in [-0.2, 0) is 15.9 Å². The molecule has 1 N–H and O–H groups in total. The van der Waals surface area contributed by atoms with Gasteiger partial charge in [0.05, 0.1) is 31.1 Å². The molecule has 4 heterocycles. The lowest BCUT2D eigenvalue weighted by molar-refractivity contribution is 0.0384. The highest BCUT2D eigenvalue weighted by molar-refractivity contribution is 6.05. The zero-order valence-corrected chi connectivity index (χ0v) is 26.6. The molecule has 0 spiro atoms. The number of pyridine rings is 1. The lowest BCUT2D eigenvalue weighted by Gasteiger charge is -2.31. The van der Waals surface area contributed by atoms with E-state index in [2.05, 4.69) is 32.2 Å². The SMILES string of the molecule is CCc1c(F)ccc2cc(N=O)cc(-c3ncc(/C(=N\COC[C@@]45CCCN4CC(F)C5)N4CCOCC(C)C4)c(NC)c3F)c12. The Bertz CT molecular complexity index is 1640. The van der Waals surface area contributed by atoms with Gasteiger partial charge >= 0.3 is 0 Å². The van der Waals surface area contributed by atoms with E-state index in [0.717, 1.165) is 19.4 Å². The lowest BCUT2D eigenvalue weighted by atomic mass is 9.94. The van der Waals surface area contributed by atoms with Crippen molar-refractivity contribution in [3.05, 3.63) is 58.1 Å². The third-order valence-electron chi connectivity index (χ3n) is 9.55. The lowest BCUT2D eigenvalue weighted by Crippen LogP contribution is -2.42. The van der Waals surface area contributed by atoms with Gasteiger partial charge in [-0.1, -0.05) is 19.9 Å². The van der Waals surface area contributed by atoms with E-state index in [0.29, 0.717) is 80.0 Å². The first-order valence-corrected chi connectivity index (χ1v) is 16.1. The molecule has 0 amide bonds. The van der Waals surface area contributed by atoms with Crippen LogP contribution in [0, 0.1) is 22.5 Å². The molecule has 0 saturated carbocycles. The summed E-state index contributed by atoms with van der Waals surface area (Å²) in [7, 11) is 1.62. The van der Waals surface area contributed by atoms with Crippen molar-refractivity contribution in [3.8, 4) is 11.3 Å². The quantitative estimate of drug-likeness (QED) is 0.125. The van der Waals surface area contributed by atoms with Crippen LogP contribution in [0.2, 0.25) is 0 Å². The van der Waals surface area contributed by atoms with Crippen molar-refractivity contribution >= 4 is 28.0 Å². The Morgan fingerprint density at radius 1 is 1.24 bits per heavy atom. The van der Waals surface area contributed by atoms with Gasteiger partial charge in [-0.2, -0.15) is 0 Å². The molecule has 46 heavy (non-hydrogen) atoms. The van der Waals surface area contributed by atoms with Crippen molar-refractivity contribution in [2.75, 3.05) is 65.1 Å². The fraction of sp³-hybridized carbons (Fsp3) is 0.529. The van der Waals surface area contributed by atoms with Gasteiger partial charge in [0.2, 0.25) is 0 Å². The van der Waals surface area contributed by atoms with Crippen molar-refractivity contribution in [2.45, 2.75) is 51.2 Å². The summed E-state index contributed by atoms with van der Waals surface area (Å²) in [5.41, 5.74) is 1.04. The molecule has 3 aliphatic heterocycles. The number of nitrogens with zero attached hydrogens (tertiary/aromatic N) is 5. The molecule has 3 fully saturated rings. The Morgan fingerprint density at radius 2 is 2.09 bits per heavy atom. The van der Waals surface area contributed by atoms with Gasteiger partial charge in [0.15, 0.2) is 5.82 Å². The highest BCUT2D eigenvalue weighted by Gasteiger charge is 2.48. The van der Waals surface area contributed by atoms with Gasteiger partial charge in [0, 0.05) is 50.4 Å². The zero-order chi connectivity index (χ0) is 32.4. The third kappa shape index (κ3) is 6.10. The fourth-order valence-electron chi connectivity index (χ4n) is 7.49. The van der Waals surface area contributed by atoms with Crippen molar-refractivity contribution in [1.82, 2.24) is 14.8 Å². The summed E-state index contributed by atoms with van der Waals surface area (Å²) in [4.78, 5) is 25.3. The highest BCUT2D eigenvalue weighted by atomic mass is 19.1. The third-order valence-corrected chi connectivity index (χ3v) is 9.55. The first-order valence-electron chi connectivity index (χ1n) is 16.1. The van der Waals surface area contributed by atoms with E-state index in [1.54, 1.807) is 25.4 Å². The maximum atomic E-state index is 16.7. The van der Waals surface area contributed by atoms with Crippen molar-refractivity contribution in [1.29, 1.82) is 0 Å². The number of hydrogen-bond donors (Lipinski definition) is 1. The molecule has 3 atom stereocenters. The molecule has 246 valence electrons. The molecule has 12 heteroatoms. The van der Waals surface area contributed by atoms with E-state index >= 15 is 4.39 Å². The van der Waals surface area contributed by atoms with Crippen LogP contribution < -0.4 is 5.32 Å². The number of aromatic nitrogens is 1. The van der Waals surface area contributed by atoms with Gasteiger partial charge < -0.3 is 19.7 Å². The summed E-state index contributed by atoms with van der Waals surface area (Å²) in [6.45, 7) is 7.84. The van der Waals surface area contributed by atoms with Crippen molar-refractivity contribution < 1.29 is 22.6 Å². The van der Waals surface area contributed by atoms with Gasteiger partial charge in [0.25, 0.3) is 0 Å². The van der Waals surface area contributed by atoms with Crippen LogP contribution in [0.5, 0.6) is 0 Å². The minimum absolute atomic E-state index is 0.0109. The predicted molar refractivity (Wildman–Crippen MR) is 173 cm³/mol. The summed E-state index contributed by atoms with van der Waals surface area (Å²) in [6, 6.07) is 5.91. The maximum Gasteiger partial charge on any atom is 0.173 e. The molecule has 2 unspecified atom stereocenters. The molecule has 3 aromatic rings. The Labute approximate surface area is 267 Å². The summed E-state index contributed by atoms with van der Waals surface area (Å²) in [5.74, 6) is -0.379. The zero-order valence-electron chi connectivity index (χ0n) is 26.6. The van der Waals surface area contributed by atoms with Crippen LogP contribution >= 0.6 is 0 Å². The van der Waals surface area contributed by atoms with Gasteiger partial charge in [-0.3, -0.25) is 9.88 Å². The number of halogens is 3. The number of rotatable bonds is 9. The molecule has 3 saturated heterocycles. The molecule has 0 bridgehead atoms. The van der Waals surface area contributed by atoms with E-state index in [9.17, 15) is 13.7 Å². The number of fused-ring (bicyclic) bond motifs is 2. The molecule has 3 aliphatic rings. The first-order chi connectivity index (χ1) is 22.3. The van der Waals surface area contributed by atoms with Gasteiger partial charge in [0.1, 0.15) is 35.9 Å². The molecular formula is C34H41F3N6O3. The van der Waals surface area contributed by atoms with Crippen LogP contribution in [0.1, 0.15) is 44.2 Å². The van der Waals surface area contributed by atoms with Crippen molar-refractivity contribution in [3.63, 3.8) is 0 Å². The van der Waals surface area contributed by atoms with Gasteiger partial charge in [-0.05, 0) is 71.4 Å². The summed E-state index contributed by atoms with van der Waals surface area (Å²) >= 11 is 0. The molecule has 0 radical (unpaired) electrons. The second-order valence-corrected chi connectivity index (χ2v) is 12.7. The minimum Gasteiger partial charge on any atom is -0.385 e. The molecule has 1 aromatic heterocycles. The average Bonchev–Trinajstić information content (AvgIpc) is 3.48. The van der Waals surface area contributed by atoms with E-state index in [1.807, 2.05) is 6.92 Å². The largest absolute Gasteiger partial charge is 0.385 e. The summed E-state index contributed by atoms with van der Waals surface area (Å²) in [5, 5.41) is 7.15. The Kier molecular flexibility index (Phi) is 9.58. The monoisotopic (exact) mass is 638 g/mol. The molecular weight excluding hydrogens is 597 g/mol. The fourth-order valence-corrected chi connectivity index (χ4v) is 7.49. The van der Waals surface area contributed by atoms with Crippen molar-refractivity contribution in [2.24, 2.45) is 16.1 Å². The average molecular weight is 639 g/mol. The highest BCUT2D eigenvalue weighted by Crippen LogP contribution is 2.41. The number of amidine groups is 1. The molecule has 9 nitrogen and oxygen atoms in total. The second-order valence-electron chi connectivity index (χ2n) is 12.7. The molecule has 6 rings (SSSR count). The predicted octanol–water partition coefficient (Wildman–Crippen LogP) is 6.45. The van der Waals surface area contributed by atoms with E-state index < -0.39 is 17.8 Å². The van der Waals surface area contributed by atoms with Crippen LogP contribution in [0.3, 0.4) is 0 Å². The maximum absolute atomic E-state index is 16.7. The Morgan fingerprint density at radius 3 is 2.87 bits per heavy atom. The Balaban J connectivity index is 1.40. The van der Waals surface area contributed by atoms with Crippen LogP contribution in [0.15, 0.2) is 40.6 Å². The standard InChI is InChI=1S/C34H41F3N6O3/c1-4-25-28(36)7-6-22-12-24(41-44)13-26(29(22)25)32-30(37)31(38-3)27(15-39-32)33(42-10-11-45-18-21(2)16-42)40-20-46-19-34-8-5-9-43(34)17-23(35)14-34/h6-7,12-13,15,21,23H,4-5,8-11,14,16-20H2,1-3H3,(H,38,39)/b40-33+/t21?,23?,34-/m0/s1. The number of aliphatic imine (C=N–C) groups is 1. The van der Waals surface area contributed by atoms with Crippen LogP contribution in [0.25, 0.3) is 22.0 Å². The number of nitroso groups, excluding NO2 is 1. The number of hydrogen-bond acceptors (Lipinski definition) is 8. The molecule has 2 aromatic carbocycles. The number of aryl methyl sites for hydroxylation is 1. The van der Waals surface area contributed by atoms with E-state index in [4.69, 9.17) is 14.5 Å². The number of ether oxygens (including phenoxy) is 2. The normalized spacial score (nSPS) is 24.0. The topological polar surface area (TPSA) is 91.6 Å². The first kappa shape index (κ1) is 32.3. The van der Waals surface area contributed by atoms with Gasteiger partial charge in [-0.25, -0.2) is 18.2 Å². The Hall–Kier alpha value is -3.61. The van der Waals surface area contributed by atoms with E-state index in [-0.39, 0.29) is 40.8 Å². The van der Waals surface area contributed by atoms with Crippen LogP contribution in [0.4, 0.5) is 24.5 Å². The van der Waals surface area contributed by atoms with Gasteiger partial charge in [-0.15, -0.1) is 4.91 Å². The van der Waals surface area contributed by atoms with E-state index in [1.165, 1.54) is 12.1 Å². The number of anilines is 1. The second kappa shape index (κ2) is 13.6. The number of alkyl halides is 1. The number of nitrogens with one attached hydrogen (secondary N) is 1.